The highest BCUT2D eigenvalue weighted by molar-refractivity contribution is 9.10. The lowest BCUT2D eigenvalue weighted by molar-refractivity contribution is 0.275. The Hall–Kier alpha value is -1.61. The zero-order valence-electron chi connectivity index (χ0n) is 17.0. The monoisotopic (exact) mass is 513 g/mol. The molecule has 0 aliphatic heterocycles. The number of hydrogen-bond donors (Lipinski definition) is 2. The molecule has 5 nitrogen and oxygen atoms in total. The fourth-order valence-electron chi connectivity index (χ4n) is 2.94. The van der Waals surface area contributed by atoms with Gasteiger partial charge in [0.05, 0.1) is 4.47 Å². The first-order valence-electron chi connectivity index (χ1n) is 9.29. The van der Waals surface area contributed by atoms with Crippen LogP contribution >= 0.6 is 39.3 Å². The number of benzene rings is 2. The lowest BCUT2D eigenvalue weighted by Crippen LogP contribution is -2.31. The molecule has 0 radical (unpaired) electrons. The standard InChI is InChI=1S/C21H22BrClFN3O2S/c1-10-5-6-13(7-11(10)2)8-25-12(3)9-29-19-14-18(17(24)15(22)16(19)23)26-21(30-4)27-20(14)28/h5-7,12,25H,8-9H2,1-4H3,(H,26,27,28)/t12-/m0/s1. The van der Waals surface area contributed by atoms with Crippen molar-refractivity contribution in [3.05, 3.63) is 60.6 Å². The lowest BCUT2D eigenvalue weighted by atomic mass is 10.1. The van der Waals surface area contributed by atoms with E-state index in [1.54, 1.807) is 6.26 Å². The minimum absolute atomic E-state index is 0.000130. The van der Waals surface area contributed by atoms with E-state index < -0.39 is 11.4 Å². The maximum Gasteiger partial charge on any atom is 0.263 e. The van der Waals surface area contributed by atoms with E-state index in [4.69, 9.17) is 16.3 Å². The van der Waals surface area contributed by atoms with Gasteiger partial charge in [0.2, 0.25) is 0 Å². The molecule has 0 aliphatic rings. The van der Waals surface area contributed by atoms with Gasteiger partial charge in [-0.05, 0) is 59.6 Å². The van der Waals surface area contributed by atoms with Crippen LogP contribution in [0.25, 0.3) is 10.9 Å². The van der Waals surface area contributed by atoms with Crippen LogP contribution in [0.3, 0.4) is 0 Å². The summed E-state index contributed by atoms with van der Waals surface area (Å²) < 4.78 is 20.6. The molecule has 0 saturated carbocycles. The second-order valence-corrected chi connectivity index (χ2v) is 9.05. The van der Waals surface area contributed by atoms with Crippen LogP contribution in [-0.2, 0) is 6.54 Å². The molecule has 3 aromatic rings. The largest absolute Gasteiger partial charge is 0.489 e. The van der Waals surface area contributed by atoms with E-state index >= 15 is 0 Å². The number of aryl methyl sites for hydroxylation is 2. The van der Waals surface area contributed by atoms with Crippen molar-refractivity contribution in [2.24, 2.45) is 0 Å². The number of hydrogen-bond acceptors (Lipinski definition) is 5. The average Bonchev–Trinajstić information content (AvgIpc) is 2.73. The van der Waals surface area contributed by atoms with Crippen molar-refractivity contribution < 1.29 is 9.13 Å². The average molecular weight is 515 g/mol. The van der Waals surface area contributed by atoms with Gasteiger partial charge in [-0.1, -0.05) is 41.6 Å². The first-order valence-corrected chi connectivity index (χ1v) is 11.7. The first-order chi connectivity index (χ1) is 14.2. The predicted molar refractivity (Wildman–Crippen MR) is 125 cm³/mol. The number of aromatic amines is 1. The van der Waals surface area contributed by atoms with Crippen molar-refractivity contribution in [2.75, 3.05) is 12.9 Å². The third-order valence-corrected chi connectivity index (χ3v) is 6.73. The van der Waals surface area contributed by atoms with Gasteiger partial charge >= 0.3 is 0 Å². The van der Waals surface area contributed by atoms with Crippen molar-refractivity contribution in [2.45, 2.75) is 38.5 Å². The summed E-state index contributed by atoms with van der Waals surface area (Å²) >= 11 is 10.6. The molecular weight excluding hydrogens is 493 g/mol. The van der Waals surface area contributed by atoms with Crippen LogP contribution in [0.15, 0.2) is 32.6 Å². The molecule has 1 heterocycles. The zero-order valence-corrected chi connectivity index (χ0v) is 20.2. The van der Waals surface area contributed by atoms with Crippen LogP contribution in [-0.4, -0.2) is 28.9 Å². The second-order valence-electron chi connectivity index (χ2n) is 7.08. The smallest absolute Gasteiger partial charge is 0.263 e. The number of halogens is 3. The predicted octanol–water partition coefficient (Wildman–Crippen LogP) is 5.37. The Morgan fingerprint density at radius 3 is 2.77 bits per heavy atom. The Kier molecular flexibility index (Phi) is 7.44. The fourth-order valence-corrected chi connectivity index (χ4v) is 3.91. The molecule has 2 aromatic carbocycles. The van der Waals surface area contributed by atoms with E-state index in [0.717, 1.165) is 0 Å². The van der Waals surface area contributed by atoms with Crippen molar-refractivity contribution in [3.63, 3.8) is 0 Å². The highest BCUT2D eigenvalue weighted by atomic mass is 79.9. The van der Waals surface area contributed by atoms with E-state index in [9.17, 15) is 9.18 Å². The summed E-state index contributed by atoms with van der Waals surface area (Å²) in [6.45, 7) is 7.04. The molecule has 0 saturated heterocycles. The van der Waals surface area contributed by atoms with Gasteiger partial charge in [-0.3, -0.25) is 4.79 Å². The van der Waals surface area contributed by atoms with Crippen LogP contribution in [0.1, 0.15) is 23.6 Å². The van der Waals surface area contributed by atoms with Crippen molar-refractivity contribution in [1.29, 1.82) is 0 Å². The van der Waals surface area contributed by atoms with Gasteiger partial charge in [0, 0.05) is 12.6 Å². The number of ether oxygens (including phenoxy) is 1. The number of fused-ring (bicyclic) bond motifs is 1. The third kappa shape index (κ3) is 4.82. The van der Waals surface area contributed by atoms with Crippen LogP contribution in [0.5, 0.6) is 5.75 Å². The van der Waals surface area contributed by atoms with Gasteiger partial charge in [-0.15, -0.1) is 0 Å². The Bertz CT molecular complexity index is 1160. The molecule has 0 bridgehead atoms. The maximum absolute atomic E-state index is 14.7. The Balaban J connectivity index is 1.81. The van der Waals surface area contributed by atoms with Crippen LogP contribution in [0, 0.1) is 19.7 Å². The van der Waals surface area contributed by atoms with Gasteiger partial charge in [0.25, 0.3) is 5.56 Å². The first kappa shape index (κ1) is 23.1. The van der Waals surface area contributed by atoms with E-state index in [-0.39, 0.29) is 38.8 Å². The molecule has 1 atom stereocenters. The summed E-state index contributed by atoms with van der Waals surface area (Å²) in [6, 6.07) is 6.28. The molecule has 1 aromatic heterocycles. The lowest BCUT2D eigenvalue weighted by Gasteiger charge is -2.18. The number of rotatable bonds is 7. The Labute approximate surface area is 191 Å². The molecule has 0 spiro atoms. The van der Waals surface area contributed by atoms with Gasteiger partial charge in [-0.2, -0.15) is 0 Å². The molecule has 0 aliphatic carbocycles. The Morgan fingerprint density at radius 1 is 1.37 bits per heavy atom. The van der Waals surface area contributed by atoms with Crippen molar-refractivity contribution in [1.82, 2.24) is 15.3 Å². The van der Waals surface area contributed by atoms with Gasteiger partial charge in [-0.25, -0.2) is 9.37 Å². The van der Waals surface area contributed by atoms with Crippen LogP contribution in [0.2, 0.25) is 5.02 Å². The molecule has 3 rings (SSSR count). The number of nitrogens with zero attached hydrogens (tertiary/aromatic N) is 1. The summed E-state index contributed by atoms with van der Waals surface area (Å²) in [5, 5.41) is 3.70. The summed E-state index contributed by atoms with van der Waals surface area (Å²) in [5.74, 6) is -0.578. The van der Waals surface area contributed by atoms with Crippen LogP contribution < -0.4 is 15.6 Å². The quantitative estimate of drug-likeness (QED) is 0.252. The molecule has 0 fully saturated rings. The van der Waals surface area contributed by atoms with E-state index in [0.29, 0.717) is 11.7 Å². The highest BCUT2D eigenvalue weighted by Gasteiger charge is 2.23. The van der Waals surface area contributed by atoms with Gasteiger partial charge in [0.1, 0.15) is 22.5 Å². The normalized spacial score (nSPS) is 12.4. The minimum atomic E-state index is -0.690. The molecule has 2 N–H and O–H groups in total. The van der Waals surface area contributed by atoms with Gasteiger partial charge in [0.15, 0.2) is 16.7 Å². The SMILES string of the molecule is CSc1nc2c(F)c(Br)c(Cl)c(OC[C@H](C)NCc3ccc(C)c(C)c3)c2c(=O)[nH]1. The fraction of sp³-hybridized carbons (Fsp3) is 0.333. The summed E-state index contributed by atoms with van der Waals surface area (Å²) in [5.41, 5.74) is 3.09. The van der Waals surface area contributed by atoms with Crippen molar-refractivity contribution in [3.8, 4) is 5.75 Å². The maximum atomic E-state index is 14.7. The van der Waals surface area contributed by atoms with E-state index in [1.807, 2.05) is 6.92 Å². The number of aromatic nitrogens is 2. The molecule has 0 unspecified atom stereocenters. The second kappa shape index (κ2) is 9.68. The topological polar surface area (TPSA) is 67.0 Å². The van der Waals surface area contributed by atoms with Gasteiger partial charge < -0.3 is 15.0 Å². The summed E-state index contributed by atoms with van der Waals surface area (Å²) in [7, 11) is 0. The van der Waals surface area contributed by atoms with Crippen molar-refractivity contribution >= 4 is 50.2 Å². The number of thioether (sulfide) groups is 1. The molecule has 30 heavy (non-hydrogen) atoms. The molecule has 160 valence electrons. The van der Waals surface area contributed by atoms with E-state index in [2.05, 4.69) is 63.3 Å². The number of H-pyrrole nitrogens is 1. The Morgan fingerprint density at radius 2 is 2.10 bits per heavy atom. The summed E-state index contributed by atoms with van der Waals surface area (Å²) in [4.78, 5) is 19.4. The minimum Gasteiger partial charge on any atom is -0.489 e. The van der Waals surface area contributed by atoms with E-state index in [1.165, 1.54) is 28.5 Å². The zero-order chi connectivity index (χ0) is 22.0. The third-order valence-electron chi connectivity index (χ3n) is 4.81. The van der Waals surface area contributed by atoms with Crippen LogP contribution in [0.4, 0.5) is 4.39 Å². The highest BCUT2D eigenvalue weighted by Crippen LogP contribution is 2.40. The summed E-state index contributed by atoms with van der Waals surface area (Å²) in [6.07, 6.45) is 1.74. The molecular formula is C21H22BrClFN3O2S. The molecule has 0 amide bonds. The molecule has 9 heteroatoms. The number of nitrogens with one attached hydrogen (secondary N) is 2.